The van der Waals surface area contributed by atoms with Crippen molar-refractivity contribution in [3.8, 4) is 34.0 Å². The van der Waals surface area contributed by atoms with Gasteiger partial charge < -0.3 is 14.4 Å². The molecule has 1 heterocycles. The average molecular weight is 583 g/mol. The maximum Gasteiger partial charge on any atom is 0.119 e. The van der Waals surface area contributed by atoms with E-state index < -0.39 is 0 Å². The van der Waals surface area contributed by atoms with Crippen LogP contribution in [0.2, 0.25) is 0 Å². The fourth-order valence-corrected chi connectivity index (χ4v) is 5.09. The number of anilines is 3. The van der Waals surface area contributed by atoms with Gasteiger partial charge >= 0.3 is 0 Å². The van der Waals surface area contributed by atoms with Crippen molar-refractivity contribution in [2.24, 2.45) is 0 Å². The number of benzene rings is 4. The third kappa shape index (κ3) is 5.71. The van der Waals surface area contributed by atoms with Crippen molar-refractivity contribution in [1.29, 1.82) is 0 Å². The first-order valence-corrected chi connectivity index (χ1v) is 13.6. The molecule has 0 amide bonds. The van der Waals surface area contributed by atoms with Gasteiger partial charge in [-0.25, -0.2) is 0 Å². The van der Waals surface area contributed by atoms with Gasteiger partial charge in [-0.15, -0.1) is 0 Å². The van der Waals surface area contributed by atoms with Gasteiger partial charge in [0.25, 0.3) is 0 Å². The van der Waals surface area contributed by atoms with Crippen molar-refractivity contribution in [2.75, 3.05) is 19.1 Å². The van der Waals surface area contributed by atoms with Crippen LogP contribution in [0.15, 0.2) is 102 Å². The van der Waals surface area contributed by atoms with Crippen LogP contribution in [-0.2, 0) is 5.41 Å². The fraction of sp³-hybridized carbons (Fsp3) is 0.182. The molecule has 39 heavy (non-hydrogen) atoms. The predicted molar refractivity (Wildman–Crippen MR) is 164 cm³/mol. The molecule has 0 fully saturated rings. The first-order valence-electron chi connectivity index (χ1n) is 12.8. The maximum absolute atomic E-state index is 5.37. The van der Waals surface area contributed by atoms with Crippen LogP contribution in [0.5, 0.6) is 11.5 Å². The van der Waals surface area contributed by atoms with E-state index in [1.807, 2.05) is 24.3 Å². The van der Waals surface area contributed by atoms with Crippen molar-refractivity contribution in [3.63, 3.8) is 0 Å². The topological polar surface area (TPSA) is 50.4 Å². The van der Waals surface area contributed by atoms with Gasteiger partial charge in [-0.05, 0) is 83.8 Å². The van der Waals surface area contributed by atoms with E-state index in [0.717, 1.165) is 55.5 Å². The highest BCUT2D eigenvalue weighted by molar-refractivity contribution is 9.10. The summed E-state index contributed by atoms with van der Waals surface area (Å²) in [6, 6.07) is 33.2. The lowest BCUT2D eigenvalue weighted by Crippen LogP contribution is -2.10. The van der Waals surface area contributed by atoms with Crippen LogP contribution < -0.4 is 14.4 Å². The van der Waals surface area contributed by atoms with Crippen molar-refractivity contribution < 1.29 is 9.47 Å². The molecule has 0 saturated carbocycles. The summed E-state index contributed by atoms with van der Waals surface area (Å²) in [6.45, 7) is 6.66. The highest BCUT2D eigenvalue weighted by Gasteiger charge is 2.17. The van der Waals surface area contributed by atoms with E-state index in [2.05, 4.69) is 125 Å². The van der Waals surface area contributed by atoms with Crippen LogP contribution in [0, 0.1) is 0 Å². The minimum Gasteiger partial charge on any atom is -0.497 e. The Morgan fingerprint density at radius 1 is 0.692 bits per heavy atom. The molecule has 0 saturated heterocycles. The molecule has 4 aromatic carbocycles. The molecule has 5 rings (SSSR count). The van der Waals surface area contributed by atoms with Crippen molar-refractivity contribution in [3.05, 3.63) is 107 Å². The molecule has 0 unspecified atom stereocenters. The van der Waals surface area contributed by atoms with E-state index in [9.17, 15) is 0 Å². The molecule has 0 bridgehead atoms. The number of hydrogen-bond donors (Lipinski definition) is 1. The predicted octanol–water partition coefficient (Wildman–Crippen LogP) is 9.29. The summed E-state index contributed by atoms with van der Waals surface area (Å²) in [5.41, 5.74) is 8.45. The Bertz CT molecular complexity index is 1500. The molecular formula is C33H32BrN3O2. The standard InChI is InChI=1S/C33H32BrN3O2/c1-33(2,3)23-8-19-29(30(34)20-23)32-21-31(35-36-32)22-6-9-24(10-7-22)37(25-11-15-27(38-4)16-12-25)26-13-17-28(39-5)18-14-26/h6-21H,1-5H3,(H,35,36). The van der Waals surface area contributed by atoms with Crippen LogP contribution in [-0.4, -0.2) is 24.4 Å². The molecule has 0 spiro atoms. The Labute approximate surface area is 238 Å². The first-order chi connectivity index (χ1) is 18.8. The summed E-state index contributed by atoms with van der Waals surface area (Å²) < 4.78 is 11.8. The normalized spacial score (nSPS) is 11.3. The van der Waals surface area contributed by atoms with Gasteiger partial charge in [0, 0.05) is 32.7 Å². The molecule has 0 atom stereocenters. The fourth-order valence-electron chi connectivity index (χ4n) is 4.50. The zero-order valence-corrected chi connectivity index (χ0v) is 24.4. The van der Waals surface area contributed by atoms with Crippen LogP contribution >= 0.6 is 15.9 Å². The van der Waals surface area contributed by atoms with Gasteiger partial charge in [-0.1, -0.05) is 61.0 Å². The van der Waals surface area contributed by atoms with E-state index in [1.54, 1.807) is 14.2 Å². The Hall–Kier alpha value is -4.03. The number of ether oxygens (including phenoxy) is 2. The van der Waals surface area contributed by atoms with Crippen molar-refractivity contribution in [2.45, 2.75) is 26.2 Å². The molecule has 0 aliphatic rings. The molecule has 1 aromatic heterocycles. The Morgan fingerprint density at radius 3 is 1.67 bits per heavy atom. The molecular weight excluding hydrogens is 550 g/mol. The first kappa shape index (κ1) is 26.6. The van der Waals surface area contributed by atoms with Crippen LogP contribution in [0.1, 0.15) is 26.3 Å². The molecule has 0 aliphatic heterocycles. The number of aromatic amines is 1. The Morgan fingerprint density at radius 2 is 1.21 bits per heavy atom. The second-order valence-electron chi connectivity index (χ2n) is 10.4. The second kappa shape index (κ2) is 11.0. The summed E-state index contributed by atoms with van der Waals surface area (Å²) >= 11 is 3.76. The Balaban J connectivity index is 1.45. The summed E-state index contributed by atoms with van der Waals surface area (Å²) in [4.78, 5) is 2.20. The highest BCUT2D eigenvalue weighted by atomic mass is 79.9. The number of nitrogens with one attached hydrogen (secondary N) is 1. The number of aromatic nitrogens is 2. The Kier molecular flexibility index (Phi) is 7.49. The zero-order chi connectivity index (χ0) is 27.6. The number of H-pyrrole nitrogens is 1. The number of halogens is 1. The lowest BCUT2D eigenvalue weighted by Gasteiger charge is -2.26. The van der Waals surface area contributed by atoms with Gasteiger partial charge in [0.05, 0.1) is 25.6 Å². The largest absolute Gasteiger partial charge is 0.497 e. The molecule has 6 heteroatoms. The monoisotopic (exact) mass is 581 g/mol. The summed E-state index contributed by atoms with van der Waals surface area (Å²) in [5.74, 6) is 1.63. The van der Waals surface area contributed by atoms with Crippen LogP contribution in [0.4, 0.5) is 17.1 Å². The maximum atomic E-state index is 5.37. The van der Waals surface area contributed by atoms with E-state index in [4.69, 9.17) is 9.47 Å². The third-order valence-electron chi connectivity index (χ3n) is 6.79. The van der Waals surface area contributed by atoms with E-state index in [1.165, 1.54) is 5.56 Å². The third-order valence-corrected chi connectivity index (χ3v) is 7.44. The van der Waals surface area contributed by atoms with Gasteiger partial charge in [0.2, 0.25) is 0 Å². The highest BCUT2D eigenvalue weighted by Crippen LogP contribution is 2.38. The molecule has 1 N–H and O–H groups in total. The minimum atomic E-state index is 0.0907. The number of hydrogen-bond acceptors (Lipinski definition) is 4. The molecule has 0 aliphatic carbocycles. The van der Waals surface area contributed by atoms with E-state index in [-0.39, 0.29) is 5.41 Å². The summed E-state index contributed by atoms with van der Waals surface area (Å²) in [7, 11) is 3.35. The van der Waals surface area contributed by atoms with Gasteiger partial charge in [-0.3, -0.25) is 5.10 Å². The van der Waals surface area contributed by atoms with Crippen LogP contribution in [0.3, 0.4) is 0 Å². The van der Waals surface area contributed by atoms with E-state index in [0.29, 0.717) is 0 Å². The average Bonchev–Trinajstić information content (AvgIpc) is 3.44. The SMILES string of the molecule is COc1ccc(N(c2ccc(OC)cc2)c2ccc(-c3cc(-c4ccc(C(C)(C)C)cc4Br)[nH]n3)cc2)cc1. The summed E-state index contributed by atoms with van der Waals surface area (Å²) in [5, 5.41) is 7.83. The van der Waals surface area contributed by atoms with Crippen LogP contribution in [0.25, 0.3) is 22.5 Å². The lowest BCUT2D eigenvalue weighted by atomic mass is 9.86. The minimum absolute atomic E-state index is 0.0907. The number of nitrogens with zero attached hydrogens (tertiary/aromatic N) is 2. The van der Waals surface area contributed by atoms with Gasteiger partial charge in [0.15, 0.2) is 0 Å². The molecule has 198 valence electrons. The van der Waals surface area contributed by atoms with Gasteiger partial charge in [-0.2, -0.15) is 5.10 Å². The van der Waals surface area contributed by atoms with Gasteiger partial charge in [0.1, 0.15) is 11.5 Å². The zero-order valence-electron chi connectivity index (χ0n) is 22.8. The quantitative estimate of drug-likeness (QED) is 0.208. The lowest BCUT2D eigenvalue weighted by molar-refractivity contribution is 0.415. The second-order valence-corrected chi connectivity index (χ2v) is 11.2. The number of methoxy groups -OCH3 is 2. The molecule has 0 radical (unpaired) electrons. The van der Waals surface area contributed by atoms with E-state index >= 15 is 0 Å². The summed E-state index contributed by atoms with van der Waals surface area (Å²) in [6.07, 6.45) is 0. The number of rotatable bonds is 7. The van der Waals surface area contributed by atoms with Crippen molar-refractivity contribution in [1.82, 2.24) is 10.2 Å². The molecule has 5 nitrogen and oxygen atoms in total. The molecule has 5 aromatic rings. The smallest absolute Gasteiger partial charge is 0.119 e. The van der Waals surface area contributed by atoms with Crippen molar-refractivity contribution >= 4 is 33.0 Å².